The van der Waals surface area contributed by atoms with Crippen molar-refractivity contribution in [2.45, 2.75) is 44.0 Å². The third-order valence-electron chi connectivity index (χ3n) is 6.31. The molecule has 0 fully saturated rings. The number of methoxy groups -OCH3 is 2. The SMILES string of the molecule is CC[C@H](SC1=Nc2ccccc2C2=N[C@@H](CC(=O)NCc3ccc(OC)cc3)C(=O)N12)C(=O)NCCCOC. The van der Waals surface area contributed by atoms with E-state index >= 15 is 0 Å². The zero-order chi connectivity index (χ0) is 27.8. The number of hydrogen-bond acceptors (Lipinski definition) is 8. The molecule has 0 bridgehead atoms. The summed E-state index contributed by atoms with van der Waals surface area (Å²) in [5.41, 5.74) is 2.30. The molecule has 39 heavy (non-hydrogen) atoms. The number of aliphatic imine (C=N–C) groups is 2. The van der Waals surface area contributed by atoms with Gasteiger partial charge in [-0.15, -0.1) is 0 Å². The largest absolute Gasteiger partial charge is 0.497 e. The molecule has 0 radical (unpaired) electrons. The number of nitrogens with one attached hydrogen (secondary N) is 2. The normalized spacial score (nSPS) is 16.5. The quantitative estimate of drug-likeness (QED) is 0.391. The Morgan fingerprint density at radius 2 is 1.87 bits per heavy atom. The van der Waals surface area contributed by atoms with Gasteiger partial charge in [-0.25, -0.2) is 9.89 Å². The van der Waals surface area contributed by atoms with Gasteiger partial charge < -0.3 is 20.1 Å². The number of amides is 3. The van der Waals surface area contributed by atoms with Crippen LogP contribution in [0.25, 0.3) is 0 Å². The van der Waals surface area contributed by atoms with Crippen molar-refractivity contribution < 1.29 is 23.9 Å². The summed E-state index contributed by atoms with van der Waals surface area (Å²) in [4.78, 5) is 50.0. The first-order chi connectivity index (χ1) is 18.9. The van der Waals surface area contributed by atoms with E-state index in [2.05, 4.69) is 15.6 Å². The predicted molar refractivity (Wildman–Crippen MR) is 151 cm³/mol. The van der Waals surface area contributed by atoms with Crippen LogP contribution in [0, 0.1) is 0 Å². The predicted octanol–water partition coefficient (Wildman–Crippen LogP) is 3.02. The number of para-hydroxylation sites is 1. The number of amidine groups is 2. The van der Waals surface area contributed by atoms with Crippen LogP contribution in [0.15, 0.2) is 58.5 Å². The van der Waals surface area contributed by atoms with Gasteiger partial charge in [-0.1, -0.05) is 43.0 Å². The van der Waals surface area contributed by atoms with Crippen LogP contribution < -0.4 is 15.4 Å². The Hall–Kier alpha value is -3.70. The highest BCUT2D eigenvalue weighted by atomic mass is 32.2. The fourth-order valence-electron chi connectivity index (χ4n) is 4.20. The number of hydrogen-bond donors (Lipinski definition) is 2. The summed E-state index contributed by atoms with van der Waals surface area (Å²) in [5.74, 6) is 0.449. The lowest BCUT2D eigenvalue weighted by Crippen LogP contribution is -2.44. The van der Waals surface area contributed by atoms with Crippen LogP contribution in [-0.2, 0) is 25.7 Å². The Morgan fingerprint density at radius 3 is 2.59 bits per heavy atom. The topological polar surface area (TPSA) is 122 Å². The van der Waals surface area contributed by atoms with E-state index in [0.29, 0.717) is 54.8 Å². The Morgan fingerprint density at radius 1 is 1.10 bits per heavy atom. The first-order valence-corrected chi connectivity index (χ1v) is 13.8. The molecule has 2 aromatic carbocycles. The molecule has 0 saturated carbocycles. The molecule has 11 heteroatoms. The average molecular weight is 552 g/mol. The lowest BCUT2D eigenvalue weighted by Gasteiger charge is -2.27. The number of benzene rings is 2. The van der Waals surface area contributed by atoms with Crippen LogP contribution in [0.3, 0.4) is 0 Å². The molecule has 0 aliphatic carbocycles. The van der Waals surface area contributed by atoms with Gasteiger partial charge in [0.05, 0.1) is 24.5 Å². The lowest BCUT2D eigenvalue weighted by atomic mass is 10.1. The minimum atomic E-state index is -0.879. The van der Waals surface area contributed by atoms with E-state index in [-0.39, 0.29) is 24.1 Å². The molecule has 10 nitrogen and oxygen atoms in total. The minimum absolute atomic E-state index is 0.0910. The molecule has 2 N–H and O–H groups in total. The summed E-state index contributed by atoms with van der Waals surface area (Å²) in [6, 6.07) is 13.9. The zero-order valence-corrected chi connectivity index (χ0v) is 23.1. The van der Waals surface area contributed by atoms with E-state index in [0.717, 1.165) is 11.3 Å². The molecule has 0 saturated heterocycles. The van der Waals surface area contributed by atoms with Crippen molar-refractivity contribution in [3.8, 4) is 5.75 Å². The van der Waals surface area contributed by atoms with Crippen molar-refractivity contribution in [3.63, 3.8) is 0 Å². The average Bonchev–Trinajstić information content (AvgIpc) is 3.28. The molecule has 0 aromatic heterocycles. The maximum atomic E-state index is 13.5. The Bertz CT molecular complexity index is 1260. The molecule has 2 atom stereocenters. The summed E-state index contributed by atoms with van der Waals surface area (Å²) >= 11 is 1.23. The van der Waals surface area contributed by atoms with Gasteiger partial charge in [-0.2, -0.15) is 0 Å². The first-order valence-electron chi connectivity index (χ1n) is 12.9. The minimum Gasteiger partial charge on any atom is -0.497 e. The van der Waals surface area contributed by atoms with Crippen molar-refractivity contribution in [2.24, 2.45) is 9.98 Å². The molecule has 206 valence electrons. The number of nitrogens with zero attached hydrogens (tertiary/aromatic N) is 3. The summed E-state index contributed by atoms with van der Waals surface area (Å²) in [7, 11) is 3.22. The van der Waals surface area contributed by atoms with Gasteiger partial charge >= 0.3 is 0 Å². The van der Waals surface area contributed by atoms with Gasteiger partial charge in [0.1, 0.15) is 17.6 Å². The summed E-state index contributed by atoms with van der Waals surface area (Å²) in [6.45, 7) is 3.31. The maximum Gasteiger partial charge on any atom is 0.259 e. The van der Waals surface area contributed by atoms with Crippen LogP contribution in [0.5, 0.6) is 5.75 Å². The van der Waals surface area contributed by atoms with E-state index in [9.17, 15) is 14.4 Å². The van der Waals surface area contributed by atoms with Crippen LogP contribution in [0.4, 0.5) is 5.69 Å². The van der Waals surface area contributed by atoms with Crippen LogP contribution in [0.2, 0.25) is 0 Å². The van der Waals surface area contributed by atoms with E-state index in [1.807, 2.05) is 55.5 Å². The zero-order valence-electron chi connectivity index (χ0n) is 22.3. The van der Waals surface area contributed by atoms with E-state index in [4.69, 9.17) is 14.5 Å². The molecule has 2 aromatic rings. The highest BCUT2D eigenvalue weighted by Crippen LogP contribution is 2.35. The fourth-order valence-corrected chi connectivity index (χ4v) is 5.24. The van der Waals surface area contributed by atoms with Gasteiger partial charge in [0, 0.05) is 32.4 Å². The van der Waals surface area contributed by atoms with Gasteiger partial charge in [-0.05, 0) is 42.7 Å². The van der Waals surface area contributed by atoms with Crippen molar-refractivity contribution in [1.82, 2.24) is 15.5 Å². The summed E-state index contributed by atoms with van der Waals surface area (Å²) in [5, 5.41) is 5.73. The first kappa shape index (κ1) is 28.3. The van der Waals surface area contributed by atoms with Crippen molar-refractivity contribution in [1.29, 1.82) is 0 Å². The monoisotopic (exact) mass is 551 g/mol. The molecular formula is C28H33N5O5S. The number of fused-ring (bicyclic) bond motifs is 3. The molecule has 4 rings (SSSR count). The standard InChI is InChI=1S/C28H33N5O5S/c1-4-23(26(35)29-14-7-15-37-2)39-28-32-21-9-6-5-8-20(21)25-31-22(27(36)33(25)28)16-24(34)30-17-18-10-12-19(38-3)13-11-18/h5-6,8-13,22-23H,4,7,14-17H2,1-3H3,(H,29,35)(H,30,34)/t22-,23-/m0/s1. The maximum absolute atomic E-state index is 13.5. The van der Waals surface area contributed by atoms with Gasteiger partial charge in [0.15, 0.2) is 5.17 Å². The molecule has 2 heterocycles. The molecule has 3 amide bonds. The highest BCUT2D eigenvalue weighted by Gasteiger charge is 2.43. The lowest BCUT2D eigenvalue weighted by molar-refractivity contribution is -0.128. The third-order valence-corrected chi connectivity index (χ3v) is 7.63. The van der Waals surface area contributed by atoms with Crippen LogP contribution >= 0.6 is 11.8 Å². The van der Waals surface area contributed by atoms with E-state index in [1.54, 1.807) is 14.2 Å². The smallest absolute Gasteiger partial charge is 0.259 e. The van der Waals surface area contributed by atoms with Gasteiger partial charge in [-0.3, -0.25) is 19.4 Å². The second-order valence-corrected chi connectivity index (χ2v) is 10.2. The van der Waals surface area contributed by atoms with Gasteiger partial charge in [0.2, 0.25) is 11.8 Å². The summed E-state index contributed by atoms with van der Waals surface area (Å²) < 4.78 is 10.2. The molecule has 2 aliphatic heterocycles. The van der Waals surface area contributed by atoms with Gasteiger partial charge in [0.25, 0.3) is 5.91 Å². The highest BCUT2D eigenvalue weighted by molar-refractivity contribution is 8.15. The number of rotatable bonds is 12. The van der Waals surface area contributed by atoms with E-state index in [1.165, 1.54) is 16.7 Å². The summed E-state index contributed by atoms with van der Waals surface area (Å²) in [6.07, 6.45) is 1.17. The van der Waals surface area contributed by atoms with Crippen molar-refractivity contribution in [2.75, 3.05) is 27.4 Å². The van der Waals surface area contributed by atoms with Crippen molar-refractivity contribution >= 4 is 46.2 Å². The Labute approximate surface area is 232 Å². The Balaban J connectivity index is 1.46. The second kappa shape index (κ2) is 13.4. The van der Waals surface area contributed by atoms with Crippen molar-refractivity contribution in [3.05, 3.63) is 59.7 Å². The molecule has 0 unspecified atom stereocenters. The number of ether oxygens (including phenoxy) is 2. The fraction of sp³-hybridized carbons (Fsp3) is 0.393. The number of carbonyl (C=O) groups is 3. The second-order valence-electron chi connectivity index (χ2n) is 9.03. The number of thioether (sulfide) groups is 1. The molecule has 2 aliphatic rings. The van der Waals surface area contributed by atoms with Crippen LogP contribution in [-0.4, -0.2) is 72.3 Å². The Kier molecular flexibility index (Phi) is 9.72. The van der Waals surface area contributed by atoms with Crippen LogP contribution in [0.1, 0.15) is 37.3 Å². The molecule has 0 spiro atoms. The number of carbonyl (C=O) groups excluding carboxylic acids is 3. The molecular weight excluding hydrogens is 518 g/mol. The van der Waals surface area contributed by atoms with E-state index < -0.39 is 11.3 Å². The third kappa shape index (κ3) is 6.85.